The van der Waals surface area contributed by atoms with Crippen LogP contribution in [-0.2, 0) is 0 Å². The van der Waals surface area contributed by atoms with Crippen molar-refractivity contribution in [1.29, 1.82) is 0 Å². The summed E-state index contributed by atoms with van der Waals surface area (Å²) in [6.45, 7) is 3.95. The number of nitrogens with zero attached hydrogens (tertiary/aromatic N) is 1. The summed E-state index contributed by atoms with van der Waals surface area (Å²) in [5, 5.41) is 0. The van der Waals surface area contributed by atoms with Crippen LogP contribution < -0.4 is 10.5 Å². The molecule has 0 amide bonds. The second kappa shape index (κ2) is 6.17. The van der Waals surface area contributed by atoms with Crippen molar-refractivity contribution < 1.29 is 4.74 Å². The minimum absolute atomic E-state index is 0.123. The third-order valence-electron chi connectivity index (χ3n) is 2.89. The smallest absolute Gasteiger partial charge is 0.140 e. The van der Waals surface area contributed by atoms with Crippen LogP contribution in [0.2, 0.25) is 0 Å². The Kier molecular flexibility index (Phi) is 4.56. The average molecular weight is 321 g/mol. The lowest BCUT2D eigenvalue weighted by molar-refractivity contribution is 0.178. The van der Waals surface area contributed by atoms with Crippen LogP contribution in [0.15, 0.2) is 47.2 Å². The van der Waals surface area contributed by atoms with E-state index in [1.165, 1.54) is 0 Å². The predicted molar refractivity (Wildman–Crippen MR) is 80.1 cm³/mol. The number of aromatic nitrogens is 1. The second-order valence-electron chi connectivity index (χ2n) is 4.59. The SMILES string of the molecule is Cc1ccc(Br)cc1OC(c1cccnc1)C(C)N. The molecule has 100 valence electrons. The third-order valence-corrected chi connectivity index (χ3v) is 3.39. The van der Waals surface area contributed by atoms with Crippen molar-refractivity contribution in [3.8, 4) is 5.75 Å². The number of halogens is 1. The molecule has 1 aromatic carbocycles. The number of ether oxygens (including phenoxy) is 1. The van der Waals surface area contributed by atoms with Gasteiger partial charge in [0.05, 0.1) is 0 Å². The minimum Gasteiger partial charge on any atom is -0.484 e. The Labute approximate surface area is 121 Å². The first-order valence-electron chi connectivity index (χ1n) is 6.16. The summed E-state index contributed by atoms with van der Waals surface area (Å²) in [6.07, 6.45) is 3.33. The lowest BCUT2D eigenvalue weighted by Crippen LogP contribution is -2.29. The molecule has 3 nitrogen and oxygen atoms in total. The fourth-order valence-corrected chi connectivity index (χ4v) is 2.20. The van der Waals surface area contributed by atoms with Gasteiger partial charge in [0.2, 0.25) is 0 Å². The molecule has 2 atom stereocenters. The topological polar surface area (TPSA) is 48.1 Å². The van der Waals surface area contributed by atoms with Gasteiger partial charge >= 0.3 is 0 Å². The standard InChI is InChI=1S/C15H17BrN2O/c1-10-5-6-13(16)8-14(10)19-15(11(2)17)12-4-3-7-18-9-12/h3-9,11,15H,17H2,1-2H3. The monoisotopic (exact) mass is 320 g/mol. The van der Waals surface area contributed by atoms with Crippen molar-refractivity contribution in [2.75, 3.05) is 0 Å². The second-order valence-corrected chi connectivity index (χ2v) is 5.51. The minimum atomic E-state index is -0.207. The van der Waals surface area contributed by atoms with E-state index >= 15 is 0 Å². The first-order chi connectivity index (χ1) is 9.08. The molecular weight excluding hydrogens is 304 g/mol. The van der Waals surface area contributed by atoms with Crippen LogP contribution in [0, 0.1) is 6.92 Å². The third kappa shape index (κ3) is 3.55. The van der Waals surface area contributed by atoms with Gasteiger partial charge in [0, 0.05) is 28.5 Å². The molecule has 19 heavy (non-hydrogen) atoms. The molecule has 2 N–H and O–H groups in total. The molecule has 2 aromatic rings. The van der Waals surface area contributed by atoms with Gasteiger partial charge in [-0.2, -0.15) is 0 Å². The van der Waals surface area contributed by atoms with E-state index in [1.807, 2.05) is 44.2 Å². The quantitative estimate of drug-likeness (QED) is 0.936. The van der Waals surface area contributed by atoms with E-state index < -0.39 is 0 Å². The summed E-state index contributed by atoms with van der Waals surface area (Å²) in [4.78, 5) is 4.12. The maximum Gasteiger partial charge on any atom is 0.140 e. The molecule has 0 fully saturated rings. The molecule has 0 aliphatic rings. The van der Waals surface area contributed by atoms with Crippen LogP contribution >= 0.6 is 15.9 Å². The number of hydrogen-bond donors (Lipinski definition) is 1. The van der Waals surface area contributed by atoms with E-state index in [-0.39, 0.29) is 12.1 Å². The Morgan fingerprint density at radius 2 is 2.11 bits per heavy atom. The Hall–Kier alpha value is -1.39. The highest BCUT2D eigenvalue weighted by Gasteiger charge is 2.19. The van der Waals surface area contributed by atoms with Crippen LogP contribution in [-0.4, -0.2) is 11.0 Å². The number of rotatable bonds is 4. The number of pyridine rings is 1. The zero-order valence-electron chi connectivity index (χ0n) is 11.0. The Morgan fingerprint density at radius 1 is 1.32 bits per heavy atom. The molecule has 2 unspecified atom stereocenters. The summed E-state index contributed by atoms with van der Waals surface area (Å²) in [7, 11) is 0. The van der Waals surface area contributed by atoms with Crippen molar-refractivity contribution in [2.45, 2.75) is 26.0 Å². The number of hydrogen-bond acceptors (Lipinski definition) is 3. The molecule has 0 saturated heterocycles. The normalized spacial score (nSPS) is 13.9. The summed E-state index contributed by atoms with van der Waals surface area (Å²) >= 11 is 3.46. The average Bonchev–Trinajstić information content (AvgIpc) is 2.40. The van der Waals surface area contributed by atoms with Gasteiger partial charge in [-0.15, -0.1) is 0 Å². The molecular formula is C15H17BrN2O. The fourth-order valence-electron chi connectivity index (χ4n) is 1.86. The maximum atomic E-state index is 6.08. The molecule has 1 aromatic heterocycles. The summed E-state index contributed by atoms with van der Waals surface area (Å²) < 4.78 is 7.07. The van der Waals surface area contributed by atoms with Gasteiger partial charge in [0.1, 0.15) is 11.9 Å². The van der Waals surface area contributed by atoms with Gasteiger partial charge in [-0.25, -0.2) is 0 Å². The maximum absolute atomic E-state index is 6.08. The van der Waals surface area contributed by atoms with E-state index in [0.717, 1.165) is 21.3 Å². The van der Waals surface area contributed by atoms with Gasteiger partial charge in [-0.05, 0) is 37.6 Å². The van der Waals surface area contributed by atoms with E-state index in [4.69, 9.17) is 10.5 Å². The zero-order valence-corrected chi connectivity index (χ0v) is 12.6. The predicted octanol–water partition coefficient (Wildman–Crippen LogP) is 3.62. The Morgan fingerprint density at radius 3 is 2.74 bits per heavy atom. The van der Waals surface area contributed by atoms with Crippen molar-refractivity contribution >= 4 is 15.9 Å². The molecule has 0 radical (unpaired) electrons. The molecule has 0 aliphatic carbocycles. The zero-order chi connectivity index (χ0) is 13.8. The fraction of sp³-hybridized carbons (Fsp3) is 0.267. The first-order valence-corrected chi connectivity index (χ1v) is 6.95. The van der Waals surface area contributed by atoms with Gasteiger partial charge in [-0.3, -0.25) is 4.98 Å². The molecule has 4 heteroatoms. The highest BCUT2D eigenvalue weighted by atomic mass is 79.9. The number of benzene rings is 1. The van der Waals surface area contributed by atoms with Crippen molar-refractivity contribution in [2.24, 2.45) is 5.73 Å². The van der Waals surface area contributed by atoms with Gasteiger partial charge < -0.3 is 10.5 Å². The first kappa shape index (κ1) is 14.0. The Bertz CT molecular complexity index is 543. The van der Waals surface area contributed by atoms with Crippen LogP contribution in [0.4, 0.5) is 0 Å². The summed E-state index contributed by atoms with van der Waals surface area (Å²) in [6, 6.07) is 9.72. The van der Waals surface area contributed by atoms with Crippen molar-refractivity contribution in [3.05, 3.63) is 58.3 Å². The Balaban J connectivity index is 2.29. The van der Waals surface area contributed by atoms with Crippen LogP contribution in [0.1, 0.15) is 24.2 Å². The molecule has 0 aliphatic heterocycles. The number of nitrogens with two attached hydrogens (primary N) is 1. The van der Waals surface area contributed by atoms with Crippen LogP contribution in [0.3, 0.4) is 0 Å². The summed E-state index contributed by atoms with van der Waals surface area (Å²) in [5.41, 5.74) is 8.10. The largest absolute Gasteiger partial charge is 0.484 e. The van der Waals surface area contributed by atoms with E-state index in [0.29, 0.717) is 0 Å². The number of aryl methyl sites for hydroxylation is 1. The molecule has 0 saturated carbocycles. The van der Waals surface area contributed by atoms with Crippen LogP contribution in [0.25, 0.3) is 0 Å². The molecule has 0 bridgehead atoms. The van der Waals surface area contributed by atoms with E-state index in [2.05, 4.69) is 20.9 Å². The molecule has 2 rings (SSSR count). The van der Waals surface area contributed by atoms with Gasteiger partial charge in [0.15, 0.2) is 0 Å². The lowest BCUT2D eigenvalue weighted by atomic mass is 10.1. The van der Waals surface area contributed by atoms with Gasteiger partial charge in [-0.1, -0.05) is 28.1 Å². The molecule has 0 spiro atoms. The van der Waals surface area contributed by atoms with Crippen molar-refractivity contribution in [3.63, 3.8) is 0 Å². The summed E-state index contributed by atoms with van der Waals surface area (Å²) in [5.74, 6) is 0.834. The lowest BCUT2D eigenvalue weighted by Gasteiger charge is -2.23. The van der Waals surface area contributed by atoms with E-state index in [1.54, 1.807) is 12.4 Å². The van der Waals surface area contributed by atoms with E-state index in [9.17, 15) is 0 Å². The highest BCUT2D eigenvalue weighted by molar-refractivity contribution is 9.10. The molecule has 1 heterocycles. The van der Waals surface area contributed by atoms with Gasteiger partial charge in [0.25, 0.3) is 0 Å². The van der Waals surface area contributed by atoms with Crippen molar-refractivity contribution in [1.82, 2.24) is 4.98 Å². The van der Waals surface area contributed by atoms with Crippen LogP contribution in [0.5, 0.6) is 5.75 Å². The highest BCUT2D eigenvalue weighted by Crippen LogP contribution is 2.29.